The number of carbonyl (C=O) groups is 1. The third-order valence-corrected chi connectivity index (χ3v) is 2.61. The van der Waals surface area contributed by atoms with Gasteiger partial charge in [-0.1, -0.05) is 0 Å². The lowest BCUT2D eigenvalue weighted by molar-refractivity contribution is -0.274. The van der Waals surface area contributed by atoms with Gasteiger partial charge in [0.25, 0.3) is 5.91 Å². The van der Waals surface area contributed by atoms with Gasteiger partial charge in [-0.15, -0.1) is 13.2 Å². The number of nitrogens with one attached hydrogen (secondary N) is 2. The number of rotatable bonds is 6. The van der Waals surface area contributed by atoms with Crippen LogP contribution in [0, 0.1) is 0 Å². The van der Waals surface area contributed by atoms with Crippen molar-refractivity contribution >= 4 is 11.7 Å². The number of aromatic nitrogens is 2. The lowest BCUT2D eigenvalue weighted by atomic mass is 10.3. The number of hydrogen-bond acceptors (Lipinski definition) is 5. The first-order valence-electron chi connectivity index (χ1n) is 6.58. The summed E-state index contributed by atoms with van der Waals surface area (Å²) in [6.07, 6.45) is -0.767. The predicted octanol–water partition coefficient (Wildman–Crippen LogP) is 2.22. The molecule has 0 aliphatic rings. The molecule has 23 heavy (non-hydrogen) atoms. The van der Waals surface area contributed by atoms with Gasteiger partial charge in [0, 0.05) is 25.5 Å². The smallest absolute Gasteiger partial charge is 0.404 e. The zero-order valence-electron chi connectivity index (χ0n) is 11.8. The fourth-order valence-corrected chi connectivity index (χ4v) is 1.64. The van der Waals surface area contributed by atoms with Gasteiger partial charge >= 0.3 is 6.36 Å². The lowest BCUT2D eigenvalue weighted by Gasteiger charge is -2.10. The summed E-state index contributed by atoms with van der Waals surface area (Å²) >= 11 is 0. The standard InChI is InChI=1S/C14H13F3N4O2/c15-14(16,17)23-11-3-4-12(21-9-11)19-6-7-20-13(22)10-2-1-5-18-8-10/h1-5,8-9H,6-7H2,(H,19,21)(H,20,22). The Labute approximate surface area is 129 Å². The third-order valence-electron chi connectivity index (χ3n) is 2.61. The Bertz CT molecular complexity index is 633. The summed E-state index contributed by atoms with van der Waals surface area (Å²) in [5.74, 6) is -0.287. The van der Waals surface area contributed by atoms with E-state index >= 15 is 0 Å². The van der Waals surface area contributed by atoms with Crippen molar-refractivity contribution in [1.82, 2.24) is 15.3 Å². The van der Waals surface area contributed by atoms with Crippen molar-refractivity contribution < 1.29 is 22.7 Å². The van der Waals surface area contributed by atoms with Crippen molar-refractivity contribution in [1.29, 1.82) is 0 Å². The highest BCUT2D eigenvalue weighted by Gasteiger charge is 2.31. The Balaban J connectivity index is 1.73. The summed E-state index contributed by atoms with van der Waals surface area (Å²) in [6, 6.07) is 5.79. The van der Waals surface area contributed by atoms with Crippen LogP contribution in [0.2, 0.25) is 0 Å². The Morgan fingerprint density at radius 1 is 1.17 bits per heavy atom. The van der Waals surface area contributed by atoms with Crippen molar-refractivity contribution in [2.75, 3.05) is 18.4 Å². The van der Waals surface area contributed by atoms with Crippen LogP contribution in [0.15, 0.2) is 42.9 Å². The SMILES string of the molecule is O=C(NCCNc1ccc(OC(F)(F)F)cn1)c1cccnc1. The van der Waals surface area contributed by atoms with Crippen molar-refractivity contribution in [3.63, 3.8) is 0 Å². The molecule has 0 saturated heterocycles. The molecule has 1 amide bonds. The summed E-state index contributed by atoms with van der Waals surface area (Å²) in [6.45, 7) is 0.675. The number of nitrogens with zero attached hydrogens (tertiary/aromatic N) is 2. The molecule has 122 valence electrons. The monoisotopic (exact) mass is 326 g/mol. The summed E-state index contributed by atoms with van der Waals surface area (Å²) in [5, 5.41) is 5.53. The Morgan fingerprint density at radius 2 is 2.00 bits per heavy atom. The summed E-state index contributed by atoms with van der Waals surface area (Å²) in [7, 11) is 0. The predicted molar refractivity (Wildman–Crippen MR) is 76.0 cm³/mol. The minimum Gasteiger partial charge on any atom is -0.404 e. The van der Waals surface area contributed by atoms with E-state index in [0.29, 0.717) is 24.5 Å². The molecule has 0 unspecified atom stereocenters. The van der Waals surface area contributed by atoms with E-state index < -0.39 is 12.1 Å². The van der Waals surface area contributed by atoms with Crippen LogP contribution in [0.25, 0.3) is 0 Å². The molecule has 0 bridgehead atoms. The number of halogens is 3. The van der Waals surface area contributed by atoms with Gasteiger partial charge in [0.15, 0.2) is 0 Å². The second-order valence-corrected chi connectivity index (χ2v) is 4.35. The minimum atomic E-state index is -4.74. The Hall–Kier alpha value is -2.84. The maximum absolute atomic E-state index is 12.0. The molecular formula is C14H13F3N4O2. The second-order valence-electron chi connectivity index (χ2n) is 4.35. The topological polar surface area (TPSA) is 76.1 Å². The van der Waals surface area contributed by atoms with Crippen LogP contribution in [0.4, 0.5) is 19.0 Å². The summed E-state index contributed by atoms with van der Waals surface area (Å²) in [5.41, 5.74) is 0.444. The fraction of sp³-hybridized carbons (Fsp3) is 0.214. The van der Waals surface area contributed by atoms with Crippen LogP contribution in [0.3, 0.4) is 0 Å². The highest BCUT2D eigenvalue weighted by molar-refractivity contribution is 5.93. The number of ether oxygens (including phenoxy) is 1. The molecule has 0 saturated carbocycles. The molecule has 2 heterocycles. The first kappa shape index (κ1) is 16.5. The van der Waals surface area contributed by atoms with E-state index in [1.165, 1.54) is 12.3 Å². The molecule has 0 aliphatic carbocycles. The maximum Gasteiger partial charge on any atom is 0.573 e. The fourth-order valence-electron chi connectivity index (χ4n) is 1.64. The van der Waals surface area contributed by atoms with E-state index in [0.717, 1.165) is 12.3 Å². The molecule has 9 heteroatoms. The summed E-state index contributed by atoms with van der Waals surface area (Å²) in [4.78, 5) is 19.3. The van der Waals surface area contributed by atoms with Crippen molar-refractivity contribution in [2.45, 2.75) is 6.36 Å². The second kappa shape index (κ2) is 7.43. The molecule has 0 radical (unpaired) electrons. The first-order chi connectivity index (χ1) is 10.9. The van der Waals surface area contributed by atoms with Crippen LogP contribution in [0.1, 0.15) is 10.4 Å². The molecule has 2 aromatic rings. The molecule has 0 atom stereocenters. The third kappa shape index (κ3) is 5.81. The molecule has 2 aromatic heterocycles. The van der Waals surface area contributed by atoms with Crippen LogP contribution in [-0.4, -0.2) is 35.3 Å². The first-order valence-corrected chi connectivity index (χ1v) is 6.58. The molecule has 6 nitrogen and oxygen atoms in total. The van der Waals surface area contributed by atoms with E-state index in [9.17, 15) is 18.0 Å². The maximum atomic E-state index is 12.0. The van der Waals surface area contributed by atoms with Crippen LogP contribution in [-0.2, 0) is 0 Å². The lowest BCUT2D eigenvalue weighted by Crippen LogP contribution is -2.28. The van der Waals surface area contributed by atoms with E-state index in [4.69, 9.17) is 0 Å². The largest absolute Gasteiger partial charge is 0.573 e. The number of carbonyl (C=O) groups excluding carboxylic acids is 1. The van der Waals surface area contributed by atoms with Gasteiger partial charge in [-0.05, 0) is 24.3 Å². The average molecular weight is 326 g/mol. The average Bonchev–Trinajstić information content (AvgIpc) is 2.52. The van der Waals surface area contributed by atoms with E-state index in [2.05, 4.69) is 25.3 Å². The molecule has 0 fully saturated rings. The number of amides is 1. The molecule has 2 rings (SSSR count). The molecule has 2 N–H and O–H groups in total. The zero-order valence-corrected chi connectivity index (χ0v) is 11.8. The number of anilines is 1. The number of alkyl halides is 3. The van der Waals surface area contributed by atoms with Crippen LogP contribution < -0.4 is 15.4 Å². The quantitative estimate of drug-likeness (QED) is 0.796. The van der Waals surface area contributed by atoms with Crippen molar-refractivity contribution in [3.8, 4) is 5.75 Å². The molecule has 0 aromatic carbocycles. The van der Waals surface area contributed by atoms with Crippen molar-refractivity contribution in [3.05, 3.63) is 48.4 Å². The highest BCUT2D eigenvalue weighted by Crippen LogP contribution is 2.22. The zero-order chi connectivity index (χ0) is 16.7. The van der Waals surface area contributed by atoms with Gasteiger partial charge in [-0.25, -0.2) is 4.98 Å². The summed E-state index contributed by atoms with van der Waals surface area (Å²) < 4.78 is 39.7. The van der Waals surface area contributed by atoms with E-state index in [1.807, 2.05) is 0 Å². The van der Waals surface area contributed by atoms with Gasteiger partial charge in [-0.3, -0.25) is 9.78 Å². The number of pyridine rings is 2. The highest BCUT2D eigenvalue weighted by atomic mass is 19.4. The molecule has 0 spiro atoms. The van der Waals surface area contributed by atoms with Crippen LogP contribution in [0.5, 0.6) is 5.75 Å². The molecular weight excluding hydrogens is 313 g/mol. The van der Waals surface area contributed by atoms with Crippen molar-refractivity contribution in [2.24, 2.45) is 0 Å². The van der Waals surface area contributed by atoms with Gasteiger partial charge < -0.3 is 15.4 Å². The van der Waals surface area contributed by atoms with Gasteiger partial charge in [-0.2, -0.15) is 0 Å². The van der Waals surface area contributed by atoms with E-state index in [-0.39, 0.29) is 5.91 Å². The molecule has 0 aliphatic heterocycles. The normalized spacial score (nSPS) is 10.9. The Morgan fingerprint density at radius 3 is 2.61 bits per heavy atom. The number of hydrogen-bond donors (Lipinski definition) is 2. The minimum absolute atomic E-state index is 0.262. The van der Waals surface area contributed by atoms with Gasteiger partial charge in [0.1, 0.15) is 11.6 Å². The van der Waals surface area contributed by atoms with E-state index in [1.54, 1.807) is 18.3 Å². The van der Waals surface area contributed by atoms with Crippen LogP contribution >= 0.6 is 0 Å². The Kier molecular flexibility index (Phi) is 5.34. The van der Waals surface area contributed by atoms with Gasteiger partial charge in [0.2, 0.25) is 0 Å². The van der Waals surface area contributed by atoms with Gasteiger partial charge in [0.05, 0.1) is 11.8 Å².